The van der Waals surface area contributed by atoms with Crippen molar-refractivity contribution in [2.75, 3.05) is 0 Å². The molecule has 110 valence electrons. The summed E-state index contributed by atoms with van der Waals surface area (Å²) < 4.78 is 36.2. The van der Waals surface area contributed by atoms with Gasteiger partial charge in [0.15, 0.2) is 4.87 Å². The van der Waals surface area contributed by atoms with Crippen molar-refractivity contribution in [1.82, 2.24) is 5.32 Å². The minimum atomic E-state index is -5.16. The Kier molecular flexibility index (Phi) is 3.37. The zero-order chi connectivity index (χ0) is 15.8. The van der Waals surface area contributed by atoms with Gasteiger partial charge in [-0.25, -0.2) is 4.99 Å². The number of hydrazone groups is 1. The van der Waals surface area contributed by atoms with Crippen LogP contribution >= 0.6 is 0 Å². The lowest BCUT2D eigenvalue weighted by Gasteiger charge is -2.10. The molecule has 0 bridgehead atoms. The van der Waals surface area contributed by atoms with E-state index < -0.39 is 29.0 Å². The van der Waals surface area contributed by atoms with Crippen molar-refractivity contribution >= 4 is 17.6 Å². The number of fused-ring (bicyclic) bond motifs is 1. The molecule has 1 heterocycles. The summed E-state index contributed by atoms with van der Waals surface area (Å²) in [7, 11) is 0. The summed E-state index contributed by atoms with van der Waals surface area (Å²) in [5, 5.41) is 15.0. The highest BCUT2D eigenvalue weighted by atomic mass is 19.4. The second-order valence-electron chi connectivity index (χ2n) is 3.83. The molecule has 0 saturated carbocycles. The van der Waals surface area contributed by atoms with Crippen LogP contribution in [0.3, 0.4) is 0 Å². The highest BCUT2D eigenvalue weighted by Gasteiger charge is 2.42. The zero-order valence-corrected chi connectivity index (χ0v) is 9.87. The number of aliphatic imine (C=N–C) groups is 1. The van der Waals surface area contributed by atoms with Gasteiger partial charge in [-0.05, 0) is 12.2 Å². The number of halogens is 3. The van der Waals surface area contributed by atoms with Crippen molar-refractivity contribution in [1.29, 1.82) is 0 Å². The SMILES string of the molecule is O=C(NC1=N[N+](=O)C2=CC([N+](=O)[O-])C=CC2=N1)C(F)(F)F. The maximum absolute atomic E-state index is 12.1. The van der Waals surface area contributed by atoms with E-state index in [1.165, 1.54) is 5.32 Å². The van der Waals surface area contributed by atoms with Crippen molar-refractivity contribution in [2.45, 2.75) is 12.2 Å². The molecule has 9 nitrogen and oxygen atoms in total. The van der Waals surface area contributed by atoms with Gasteiger partial charge in [-0.1, -0.05) is 0 Å². The summed E-state index contributed by atoms with van der Waals surface area (Å²) in [6.45, 7) is 0. The van der Waals surface area contributed by atoms with Gasteiger partial charge in [0.05, 0.1) is 16.1 Å². The minimum absolute atomic E-state index is 0.143. The van der Waals surface area contributed by atoms with Crippen LogP contribution in [0.25, 0.3) is 0 Å². The Hall–Kier alpha value is -2.92. The quantitative estimate of drug-likeness (QED) is 0.425. The average molecular weight is 304 g/mol. The van der Waals surface area contributed by atoms with Crippen LogP contribution < -0.4 is 5.32 Å². The lowest BCUT2D eigenvalue weighted by molar-refractivity contribution is -0.511. The fourth-order valence-corrected chi connectivity index (χ4v) is 1.47. The molecule has 21 heavy (non-hydrogen) atoms. The number of nitro groups is 1. The lowest BCUT2D eigenvalue weighted by Crippen LogP contribution is -2.42. The van der Waals surface area contributed by atoms with Crippen molar-refractivity contribution < 1.29 is 27.8 Å². The number of carbonyl (C=O) groups is 1. The monoisotopic (exact) mass is 304 g/mol. The van der Waals surface area contributed by atoms with E-state index in [2.05, 4.69) is 10.1 Å². The summed E-state index contributed by atoms with van der Waals surface area (Å²) in [5.41, 5.74) is -0.431. The number of guanidine groups is 1. The standard InChI is InChI=1S/C9H4F3N5O4/c10-9(11,12)7(18)14-8-13-5-2-1-4(17(20)21)3-6(5)16(19)15-8/h1-4H/p+1. The largest absolute Gasteiger partial charge is 0.471 e. The van der Waals surface area contributed by atoms with Crippen molar-refractivity contribution in [3.8, 4) is 0 Å². The van der Waals surface area contributed by atoms with E-state index in [4.69, 9.17) is 0 Å². The van der Waals surface area contributed by atoms with E-state index in [0.717, 1.165) is 18.2 Å². The Balaban J connectivity index is 2.24. The van der Waals surface area contributed by atoms with Gasteiger partial charge in [0.1, 0.15) is 5.71 Å². The molecule has 0 fully saturated rings. The molecule has 2 aliphatic rings. The number of nitrogens with zero attached hydrogens (tertiary/aromatic N) is 4. The molecule has 0 saturated heterocycles. The van der Waals surface area contributed by atoms with Gasteiger partial charge in [-0.2, -0.15) is 13.2 Å². The molecule has 1 N–H and O–H groups in total. The molecule has 0 spiro atoms. The third kappa shape index (κ3) is 2.98. The number of hydrogen-bond donors (Lipinski definition) is 1. The Morgan fingerprint density at radius 2 is 2.14 bits per heavy atom. The van der Waals surface area contributed by atoms with E-state index in [9.17, 15) is 33.0 Å². The molecule has 12 heteroatoms. The number of hydrogen-bond acceptors (Lipinski definition) is 5. The number of rotatable bonds is 1. The fourth-order valence-electron chi connectivity index (χ4n) is 1.47. The number of carbonyl (C=O) groups excluding carboxylic acids is 1. The average Bonchev–Trinajstić information content (AvgIpc) is 2.37. The summed E-state index contributed by atoms with van der Waals surface area (Å²) >= 11 is 0. The molecular weight excluding hydrogens is 299 g/mol. The number of alkyl halides is 3. The third-order valence-corrected chi connectivity index (χ3v) is 2.39. The Morgan fingerprint density at radius 3 is 2.71 bits per heavy atom. The van der Waals surface area contributed by atoms with Crippen LogP contribution in [-0.2, 0) is 4.79 Å². The molecule has 1 amide bonds. The second-order valence-corrected chi connectivity index (χ2v) is 3.83. The normalized spacial score (nSPS) is 21.0. The van der Waals surface area contributed by atoms with Gasteiger partial charge in [-0.15, -0.1) is 0 Å². The summed E-state index contributed by atoms with van der Waals surface area (Å²) in [6, 6.07) is -1.27. The van der Waals surface area contributed by atoms with E-state index >= 15 is 0 Å². The first-order chi connectivity index (χ1) is 9.68. The molecule has 1 unspecified atom stereocenters. The van der Waals surface area contributed by atoms with E-state index in [1.54, 1.807) is 0 Å². The molecule has 1 aliphatic carbocycles. The second kappa shape index (κ2) is 4.88. The van der Waals surface area contributed by atoms with Crippen LogP contribution in [0.2, 0.25) is 0 Å². The van der Waals surface area contributed by atoms with Crippen LogP contribution in [0, 0.1) is 15.0 Å². The molecule has 1 atom stereocenters. The van der Waals surface area contributed by atoms with Gasteiger partial charge in [-0.3, -0.25) is 20.2 Å². The smallest absolute Gasteiger partial charge is 0.282 e. The molecular formula is C9H5F3N5O4+. The molecule has 0 radical (unpaired) electrons. The highest BCUT2D eigenvalue weighted by molar-refractivity contribution is 6.15. The van der Waals surface area contributed by atoms with Crippen LogP contribution in [-0.4, -0.2) is 39.6 Å². The zero-order valence-electron chi connectivity index (χ0n) is 9.87. The van der Waals surface area contributed by atoms with Crippen LogP contribution in [0.1, 0.15) is 0 Å². The van der Waals surface area contributed by atoms with Crippen LogP contribution in [0.4, 0.5) is 13.2 Å². The number of amides is 1. The summed E-state index contributed by atoms with van der Waals surface area (Å²) in [5.74, 6) is -3.20. The predicted octanol–water partition coefficient (Wildman–Crippen LogP) is 0.268. The van der Waals surface area contributed by atoms with Crippen LogP contribution in [0.5, 0.6) is 0 Å². The summed E-state index contributed by atoms with van der Waals surface area (Å²) in [6.07, 6.45) is -2.05. The molecule has 0 aromatic carbocycles. The highest BCUT2D eigenvalue weighted by Crippen LogP contribution is 2.18. The van der Waals surface area contributed by atoms with Crippen LogP contribution in [0.15, 0.2) is 34.0 Å². The molecule has 0 aromatic heterocycles. The van der Waals surface area contributed by atoms with Gasteiger partial charge < -0.3 is 0 Å². The number of nitroso groups, excluding NO2 is 1. The third-order valence-electron chi connectivity index (χ3n) is 2.39. The maximum Gasteiger partial charge on any atom is 0.471 e. The Morgan fingerprint density at radius 1 is 1.48 bits per heavy atom. The topological polar surface area (TPSA) is 117 Å². The first kappa shape index (κ1) is 14.5. The first-order valence-electron chi connectivity index (χ1n) is 5.25. The van der Waals surface area contributed by atoms with Gasteiger partial charge >= 0.3 is 23.7 Å². The van der Waals surface area contributed by atoms with Gasteiger partial charge in [0.25, 0.3) is 6.04 Å². The number of allylic oxidation sites excluding steroid dienone is 1. The van der Waals surface area contributed by atoms with E-state index in [1.807, 2.05) is 0 Å². The Bertz CT molecular complexity index is 661. The molecule has 0 aromatic rings. The first-order valence-corrected chi connectivity index (χ1v) is 5.25. The van der Waals surface area contributed by atoms with Crippen molar-refractivity contribution in [2.24, 2.45) is 10.1 Å². The minimum Gasteiger partial charge on any atom is -0.282 e. The predicted molar refractivity (Wildman–Crippen MR) is 60.7 cm³/mol. The fraction of sp³-hybridized carbons (Fsp3) is 0.222. The maximum atomic E-state index is 12.1. The lowest BCUT2D eigenvalue weighted by atomic mass is 10.1. The molecule has 1 aliphatic heterocycles. The van der Waals surface area contributed by atoms with Crippen molar-refractivity contribution in [3.63, 3.8) is 0 Å². The molecule has 2 rings (SSSR count). The van der Waals surface area contributed by atoms with Crippen molar-refractivity contribution in [3.05, 3.63) is 38.9 Å². The van der Waals surface area contributed by atoms with Gasteiger partial charge in [0, 0.05) is 4.92 Å². The van der Waals surface area contributed by atoms with Gasteiger partial charge in [0.2, 0.25) is 0 Å². The van der Waals surface area contributed by atoms with E-state index in [0.29, 0.717) is 0 Å². The van der Waals surface area contributed by atoms with E-state index in [-0.39, 0.29) is 16.3 Å². The summed E-state index contributed by atoms with van der Waals surface area (Å²) in [4.78, 5) is 35.5. The Labute approximate surface area is 113 Å². The number of nitrogens with one attached hydrogen (secondary N) is 1.